The van der Waals surface area contributed by atoms with Gasteiger partial charge in [0.15, 0.2) is 0 Å². The number of nitrogens with one attached hydrogen (secondary N) is 1. The highest BCUT2D eigenvalue weighted by molar-refractivity contribution is 14.1. The highest BCUT2D eigenvalue weighted by Gasteiger charge is 2.14. The number of rotatable bonds is 8. The van der Waals surface area contributed by atoms with Crippen LogP contribution in [-0.4, -0.2) is 11.5 Å². The second-order valence-corrected chi connectivity index (χ2v) is 8.46. The summed E-state index contributed by atoms with van der Waals surface area (Å²) in [5.74, 6) is 0.898. The van der Waals surface area contributed by atoms with Crippen molar-refractivity contribution in [3.05, 3.63) is 87.5 Å². The summed E-state index contributed by atoms with van der Waals surface area (Å²) >= 11 is 2.34. The van der Waals surface area contributed by atoms with E-state index in [0.717, 1.165) is 37.1 Å². The first kappa shape index (κ1) is 20.0. The second kappa shape index (κ2) is 9.46. The third-order valence-electron chi connectivity index (χ3n) is 5.14. The first-order valence-electron chi connectivity index (χ1n) is 10.0. The Bertz CT molecular complexity index is 1070. The first-order valence-corrected chi connectivity index (χ1v) is 11.1. The highest BCUT2D eigenvalue weighted by Crippen LogP contribution is 2.34. The lowest BCUT2D eigenvalue weighted by Crippen LogP contribution is -1.99. The minimum Gasteiger partial charge on any atom is -0.489 e. The van der Waals surface area contributed by atoms with Crippen LogP contribution in [0.1, 0.15) is 24.0 Å². The molecular formula is C25H25IN2O. The number of unbranched alkanes of at least 4 members (excludes halogenated alkanes) is 1. The molecule has 0 spiro atoms. The van der Waals surface area contributed by atoms with Gasteiger partial charge in [-0.05, 0) is 95.4 Å². The molecule has 0 unspecified atom stereocenters. The molecule has 3 aromatic carbocycles. The van der Waals surface area contributed by atoms with Crippen LogP contribution in [0.2, 0.25) is 0 Å². The van der Waals surface area contributed by atoms with Crippen molar-refractivity contribution in [1.82, 2.24) is 4.98 Å². The predicted octanol–water partition coefficient (Wildman–Crippen LogP) is 6.30. The Balaban J connectivity index is 1.67. The van der Waals surface area contributed by atoms with Crippen molar-refractivity contribution in [2.75, 3.05) is 6.54 Å². The van der Waals surface area contributed by atoms with E-state index in [1.807, 2.05) is 24.3 Å². The van der Waals surface area contributed by atoms with Gasteiger partial charge >= 0.3 is 0 Å². The monoisotopic (exact) mass is 496 g/mol. The van der Waals surface area contributed by atoms with E-state index in [9.17, 15) is 0 Å². The molecule has 29 heavy (non-hydrogen) atoms. The number of H-pyrrole nitrogens is 1. The lowest BCUT2D eigenvalue weighted by atomic mass is 10.0. The molecule has 4 heteroatoms. The van der Waals surface area contributed by atoms with Gasteiger partial charge in [0, 0.05) is 20.2 Å². The normalized spacial score (nSPS) is 11.1. The Morgan fingerprint density at radius 2 is 1.69 bits per heavy atom. The zero-order valence-corrected chi connectivity index (χ0v) is 18.5. The number of ether oxygens (including phenoxy) is 1. The first-order chi connectivity index (χ1) is 14.2. The summed E-state index contributed by atoms with van der Waals surface area (Å²) < 4.78 is 7.32. The molecule has 1 heterocycles. The number of nitrogens with two attached hydrogens (primary N) is 1. The van der Waals surface area contributed by atoms with Crippen LogP contribution in [0.25, 0.3) is 22.2 Å². The van der Waals surface area contributed by atoms with E-state index >= 15 is 0 Å². The Labute approximate surface area is 185 Å². The third-order valence-corrected chi connectivity index (χ3v) is 5.86. The highest BCUT2D eigenvalue weighted by atomic mass is 127. The summed E-state index contributed by atoms with van der Waals surface area (Å²) in [6.07, 6.45) is 3.11. The van der Waals surface area contributed by atoms with Gasteiger partial charge in [0.25, 0.3) is 0 Å². The van der Waals surface area contributed by atoms with Crippen LogP contribution < -0.4 is 10.5 Å². The van der Waals surface area contributed by atoms with Gasteiger partial charge in [0.1, 0.15) is 12.4 Å². The lowest BCUT2D eigenvalue weighted by molar-refractivity contribution is 0.306. The molecule has 1 aromatic heterocycles. The van der Waals surface area contributed by atoms with Crippen LogP contribution in [0.15, 0.2) is 72.8 Å². The van der Waals surface area contributed by atoms with Gasteiger partial charge in [0.2, 0.25) is 0 Å². The molecule has 0 aliphatic heterocycles. The van der Waals surface area contributed by atoms with Gasteiger partial charge in [-0.25, -0.2) is 0 Å². The van der Waals surface area contributed by atoms with Crippen molar-refractivity contribution in [2.24, 2.45) is 5.73 Å². The molecule has 0 fully saturated rings. The van der Waals surface area contributed by atoms with Crippen LogP contribution in [0.4, 0.5) is 0 Å². The van der Waals surface area contributed by atoms with E-state index in [2.05, 4.69) is 76.1 Å². The molecule has 148 valence electrons. The minimum absolute atomic E-state index is 0.573. The minimum atomic E-state index is 0.573. The summed E-state index contributed by atoms with van der Waals surface area (Å²) in [5.41, 5.74) is 11.8. The summed E-state index contributed by atoms with van der Waals surface area (Å²) in [5, 5.41) is 1.24. The maximum Gasteiger partial charge on any atom is 0.120 e. The van der Waals surface area contributed by atoms with Gasteiger partial charge in [-0.3, -0.25) is 0 Å². The zero-order chi connectivity index (χ0) is 20.1. The van der Waals surface area contributed by atoms with Gasteiger partial charge in [-0.15, -0.1) is 0 Å². The second-order valence-electron chi connectivity index (χ2n) is 7.21. The molecule has 0 radical (unpaired) electrons. The summed E-state index contributed by atoms with van der Waals surface area (Å²) in [6.45, 7) is 1.30. The largest absolute Gasteiger partial charge is 0.489 e. The molecule has 3 nitrogen and oxygen atoms in total. The number of aromatic nitrogens is 1. The molecule has 0 bridgehead atoms. The average Bonchev–Trinajstić information content (AvgIpc) is 3.11. The fourth-order valence-corrected chi connectivity index (χ4v) is 3.99. The SMILES string of the molecule is NCCCCc1c(-c2ccc(I)cc2)[nH]c2ccc(OCc3ccccc3)cc12. The lowest BCUT2D eigenvalue weighted by Gasteiger charge is -2.08. The Hall–Kier alpha value is -2.31. The molecule has 3 N–H and O–H groups in total. The number of benzene rings is 3. The molecule has 0 saturated heterocycles. The molecule has 4 aromatic rings. The maximum absolute atomic E-state index is 6.08. The van der Waals surface area contributed by atoms with Crippen molar-refractivity contribution in [3.63, 3.8) is 0 Å². The summed E-state index contributed by atoms with van der Waals surface area (Å²) in [4.78, 5) is 3.64. The van der Waals surface area contributed by atoms with Crippen molar-refractivity contribution < 1.29 is 4.74 Å². The molecule has 0 saturated carbocycles. The van der Waals surface area contributed by atoms with Crippen LogP contribution in [0.3, 0.4) is 0 Å². The van der Waals surface area contributed by atoms with E-state index in [1.54, 1.807) is 0 Å². The summed E-state index contributed by atoms with van der Waals surface area (Å²) in [6, 6.07) is 25.3. The quantitative estimate of drug-likeness (QED) is 0.222. The Kier molecular flexibility index (Phi) is 6.52. The fourth-order valence-electron chi connectivity index (χ4n) is 3.63. The topological polar surface area (TPSA) is 51.0 Å². The van der Waals surface area contributed by atoms with E-state index in [-0.39, 0.29) is 0 Å². The van der Waals surface area contributed by atoms with Crippen LogP contribution in [-0.2, 0) is 13.0 Å². The van der Waals surface area contributed by atoms with Crippen LogP contribution in [0, 0.1) is 3.57 Å². The maximum atomic E-state index is 6.08. The van der Waals surface area contributed by atoms with Crippen molar-refractivity contribution >= 4 is 33.5 Å². The molecule has 0 aliphatic rings. The van der Waals surface area contributed by atoms with Crippen molar-refractivity contribution in [1.29, 1.82) is 0 Å². The van der Waals surface area contributed by atoms with Crippen molar-refractivity contribution in [3.8, 4) is 17.0 Å². The third kappa shape index (κ3) is 4.82. The van der Waals surface area contributed by atoms with Crippen LogP contribution in [0.5, 0.6) is 5.75 Å². The molecule has 0 atom stereocenters. The van der Waals surface area contributed by atoms with E-state index < -0.39 is 0 Å². The molecule has 0 amide bonds. The predicted molar refractivity (Wildman–Crippen MR) is 129 cm³/mol. The molecule has 4 rings (SSSR count). The van der Waals surface area contributed by atoms with Gasteiger partial charge in [-0.1, -0.05) is 42.5 Å². The summed E-state index contributed by atoms with van der Waals surface area (Å²) in [7, 11) is 0. The van der Waals surface area contributed by atoms with E-state index in [0.29, 0.717) is 6.61 Å². The van der Waals surface area contributed by atoms with Gasteiger partial charge in [0.05, 0.1) is 0 Å². The van der Waals surface area contributed by atoms with Gasteiger partial charge in [-0.2, -0.15) is 0 Å². The Morgan fingerprint density at radius 1 is 0.897 bits per heavy atom. The fraction of sp³-hybridized carbons (Fsp3) is 0.200. The standard InChI is InChI=1S/C25H25IN2O/c26-20-11-9-19(10-12-20)25-22(8-4-5-15-27)23-16-21(13-14-24(23)28-25)29-17-18-6-2-1-3-7-18/h1-3,6-7,9-14,16,28H,4-5,8,15,17,27H2. The smallest absolute Gasteiger partial charge is 0.120 e. The number of aryl methyl sites for hydroxylation is 1. The average molecular weight is 496 g/mol. The number of aromatic amines is 1. The number of hydrogen-bond donors (Lipinski definition) is 2. The number of hydrogen-bond acceptors (Lipinski definition) is 2. The van der Waals surface area contributed by atoms with E-state index in [4.69, 9.17) is 10.5 Å². The number of fused-ring (bicyclic) bond motifs is 1. The van der Waals surface area contributed by atoms with Crippen molar-refractivity contribution in [2.45, 2.75) is 25.9 Å². The zero-order valence-electron chi connectivity index (χ0n) is 16.3. The molecule has 0 aliphatic carbocycles. The van der Waals surface area contributed by atoms with E-state index in [1.165, 1.54) is 31.3 Å². The molecular weight excluding hydrogens is 471 g/mol. The number of halogens is 1. The Morgan fingerprint density at radius 3 is 2.45 bits per heavy atom. The van der Waals surface area contributed by atoms with Gasteiger partial charge < -0.3 is 15.5 Å². The van der Waals surface area contributed by atoms with Crippen LogP contribution >= 0.6 is 22.6 Å².